The SMILES string of the molecule is Cc1nn(C)c2cnc(S(C)(=O)=O)nc12. The summed E-state index contributed by atoms with van der Waals surface area (Å²) in [4.78, 5) is 7.78. The van der Waals surface area contributed by atoms with E-state index < -0.39 is 9.84 Å². The van der Waals surface area contributed by atoms with Crippen molar-refractivity contribution in [3.63, 3.8) is 0 Å². The molecule has 0 aliphatic carbocycles. The number of fused-ring (bicyclic) bond motifs is 1. The molecule has 2 aromatic rings. The van der Waals surface area contributed by atoms with Crippen LogP contribution in [0.5, 0.6) is 0 Å². The number of rotatable bonds is 1. The average molecular weight is 226 g/mol. The van der Waals surface area contributed by atoms with E-state index in [1.54, 1.807) is 18.7 Å². The van der Waals surface area contributed by atoms with Crippen LogP contribution in [0.25, 0.3) is 11.0 Å². The molecule has 0 N–H and O–H groups in total. The van der Waals surface area contributed by atoms with E-state index in [4.69, 9.17) is 0 Å². The highest BCUT2D eigenvalue weighted by Crippen LogP contribution is 2.15. The monoisotopic (exact) mass is 226 g/mol. The number of hydrogen-bond donors (Lipinski definition) is 0. The predicted octanol–water partition coefficient (Wildman–Crippen LogP) is 0.0752. The van der Waals surface area contributed by atoms with Gasteiger partial charge in [-0.25, -0.2) is 18.4 Å². The van der Waals surface area contributed by atoms with Gasteiger partial charge in [0, 0.05) is 13.3 Å². The van der Waals surface area contributed by atoms with Crippen LogP contribution in [-0.4, -0.2) is 34.4 Å². The molecule has 2 heterocycles. The fourth-order valence-corrected chi connectivity index (χ4v) is 1.87. The normalized spacial score (nSPS) is 12.2. The van der Waals surface area contributed by atoms with Crippen molar-refractivity contribution < 1.29 is 8.42 Å². The lowest BCUT2D eigenvalue weighted by molar-refractivity contribution is 0.593. The molecule has 2 aromatic heterocycles. The van der Waals surface area contributed by atoms with Crippen molar-refractivity contribution in [2.75, 3.05) is 6.26 Å². The number of aromatic nitrogens is 4. The minimum Gasteiger partial charge on any atom is -0.264 e. The molecular formula is C8H10N4O2S. The summed E-state index contributed by atoms with van der Waals surface area (Å²) in [5.74, 6) is 0. The topological polar surface area (TPSA) is 77.7 Å². The molecule has 0 radical (unpaired) electrons. The summed E-state index contributed by atoms with van der Waals surface area (Å²) in [6.07, 6.45) is 2.55. The van der Waals surface area contributed by atoms with Crippen LogP contribution in [0.2, 0.25) is 0 Å². The third-order valence-electron chi connectivity index (χ3n) is 2.07. The van der Waals surface area contributed by atoms with Crippen molar-refractivity contribution >= 4 is 20.9 Å². The summed E-state index contributed by atoms with van der Waals surface area (Å²) < 4.78 is 24.1. The molecule has 0 amide bonds. The van der Waals surface area contributed by atoms with Crippen LogP contribution in [0.4, 0.5) is 0 Å². The van der Waals surface area contributed by atoms with E-state index in [1.165, 1.54) is 6.20 Å². The van der Waals surface area contributed by atoms with Crippen LogP contribution in [0.3, 0.4) is 0 Å². The molecule has 0 saturated heterocycles. The van der Waals surface area contributed by atoms with Crippen LogP contribution in [0.1, 0.15) is 5.69 Å². The highest BCUT2D eigenvalue weighted by atomic mass is 32.2. The van der Waals surface area contributed by atoms with Gasteiger partial charge in [0.05, 0.1) is 11.9 Å². The third kappa shape index (κ3) is 1.58. The second kappa shape index (κ2) is 2.99. The lowest BCUT2D eigenvalue weighted by Crippen LogP contribution is -2.03. The molecular weight excluding hydrogens is 216 g/mol. The van der Waals surface area contributed by atoms with E-state index >= 15 is 0 Å². The zero-order valence-corrected chi connectivity index (χ0v) is 9.41. The van der Waals surface area contributed by atoms with Gasteiger partial charge in [-0.05, 0) is 6.92 Å². The van der Waals surface area contributed by atoms with Gasteiger partial charge >= 0.3 is 0 Å². The molecule has 0 atom stereocenters. The van der Waals surface area contributed by atoms with Crippen LogP contribution >= 0.6 is 0 Å². The molecule has 0 aromatic carbocycles. The fourth-order valence-electron chi connectivity index (χ4n) is 1.37. The van der Waals surface area contributed by atoms with Crippen LogP contribution in [-0.2, 0) is 16.9 Å². The molecule has 0 unspecified atom stereocenters. The molecule has 0 aliphatic heterocycles. The molecule has 0 aliphatic rings. The zero-order chi connectivity index (χ0) is 11.2. The highest BCUT2D eigenvalue weighted by molar-refractivity contribution is 7.90. The second-order valence-corrected chi connectivity index (χ2v) is 5.28. The maximum atomic E-state index is 11.2. The van der Waals surface area contributed by atoms with Gasteiger partial charge in [-0.2, -0.15) is 5.10 Å². The average Bonchev–Trinajstić information content (AvgIpc) is 2.41. The lowest BCUT2D eigenvalue weighted by atomic mass is 10.4. The Bertz CT molecular complexity index is 629. The third-order valence-corrected chi connectivity index (χ3v) is 2.93. The summed E-state index contributed by atoms with van der Waals surface area (Å²) in [5, 5.41) is 3.97. The molecule has 2 rings (SSSR count). The van der Waals surface area contributed by atoms with Gasteiger partial charge in [-0.1, -0.05) is 0 Å². The van der Waals surface area contributed by atoms with E-state index in [1.807, 2.05) is 0 Å². The Morgan fingerprint density at radius 2 is 2.07 bits per heavy atom. The molecule has 80 valence electrons. The van der Waals surface area contributed by atoms with Gasteiger partial charge in [0.25, 0.3) is 0 Å². The molecule has 7 heteroatoms. The first-order chi connectivity index (χ1) is 6.89. The molecule has 0 fully saturated rings. The molecule has 0 saturated carbocycles. The molecule has 6 nitrogen and oxygen atoms in total. The van der Waals surface area contributed by atoms with Gasteiger partial charge in [-0.15, -0.1) is 0 Å². The first-order valence-corrected chi connectivity index (χ1v) is 6.15. The van der Waals surface area contributed by atoms with Crippen molar-refractivity contribution in [2.45, 2.75) is 12.1 Å². The predicted molar refractivity (Wildman–Crippen MR) is 54.2 cm³/mol. The zero-order valence-electron chi connectivity index (χ0n) is 8.59. The van der Waals surface area contributed by atoms with Crippen molar-refractivity contribution in [3.05, 3.63) is 11.9 Å². The Hall–Kier alpha value is -1.50. The number of nitrogens with zero attached hydrogens (tertiary/aromatic N) is 4. The summed E-state index contributed by atoms with van der Waals surface area (Å²) in [6.45, 7) is 1.78. The van der Waals surface area contributed by atoms with E-state index in [9.17, 15) is 8.42 Å². The van der Waals surface area contributed by atoms with Crippen molar-refractivity contribution in [1.82, 2.24) is 19.7 Å². The maximum Gasteiger partial charge on any atom is 0.247 e. The first-order valence-electron chi connectivity index (χ1n) is 4.26. The lowest BCUT2D eigenvalue weighted by Gasteiger charge is -1.96. The van der Waals surface area contributed by atoms with Crippen molar-refractivity contribution in [3.8, 4) is 0 Å². The number of sulfone groups is 1. The fraction of sp³-hybridized carbons (Fsp3) is 0.375. The Labute approximate surface area is 86.9 Å². The number of aryl methyl sites for hydroxylation is 2. The smallest absolute Gasteiger partial charge is 0.247 e. The summed E-state index contributed by atoms with van der Waals surface area (Å²) in [7, 11) is -1.60. The largest absolute Gasteiger partial charge is 0.264 e. The van der Waals surface area contributed by atoms with E-state index in [0.717, 1.165) is 11.8 Å². The summed E-state index contributed by atoms with van der Waals surface area (Å²) in [6, 6.07) is 0. The highest BCUT2D eigenvalue weighted by Gasteiger charge is 2.14. The quantitative estimate of drug-likeness (QED) is 0.643. The van der Waals surface area contributed by atoms with Crippen molar-refractivity contribution in [1.29, 1.82) is 0 Å². The Kier molecular flexibility index (Phi) is 2.00. The first kappa shape index (κ1) is 10.0. The Balaban J connectivity index is 2.82. The van der Waals surface area contributed by atoms with Crippen LogP contribution in [0, 0.1) is 6.92 Å². The Morgan fingerprint density at radius 1 is 1.40 bits per heavy atom. The molecule has 0 spiro atoms. The van der Waals surface area contributed by atoms with Gasteiger partial charge in [0.1, 0.15) is 11.0 Å². The van der Waals surface area contributed by atoms with Crippen LogP contribution < -0.4 is 0 Å². The minimum atomic E-state index is -3.36. The van der Waals surface area contributed by atoms with Gasteiger partial charge in [0.2, 0.25) is 15.0 Å². The van der Waals surface area contributed by atoms with Gasteiger partial charge in [0.15, 0.2) is 0 Å². The van der Waals surface area contributed by atoms with E-state index in [2.05, 4.69) is 15.1 Å². The number of hydrogen-bond acceptors (Lipinski definition) is 5. The van der Waals surface area contributed by atoms with Crippen molar-refractivity contribution in [2.24, 2.45) is 7.05 Å². The maximum absolute atomic E-state index is 11.2. The van der Waals surface area contributed by atoms with Gasteiger partial charge in [-0.3, -0.25) is 4.68 Å². The van der Waals surface area contributed by atoms with E-state index in [-0.39, 0.29) is 5.16 Å². The van der Waals surface area contributed by atoms with Gasteiger partial charge < -0.3 is 0 Å². The standard InChI is InChI=1S/C8H10N4O2S/c1-5-7-6(12(2)11-5)4-9-8(10-7)15(3,13)14/h4H,1-3H3. The Morgan fingerprint density at radius 3 is 2.67 bits per heavy atom. The second-order valence-electron chi connectivity index (χ2n) is 3.37. The van der Waals surface area contributed by atoms with E-state index in [0.29, 0.717) is 11.2 Å². The summed E-state index contributed by atoms with van der Waals surface area (Å²) >= 11 is 0. The molecule has 0 bridgehead atoms. The molecule has 15 heavy (non-hydrogen) atoms. The summed E-state index contributed by atoms with van der Waals surface area (Å²) in [5.41, 5.74) is 1.99. The van der Waals surface area contributed by atoms with Crippen LogP contribution in [0.15, 0.2) is 11.4 Å². The minimum absolute atomic E-state index is 0.161.